The van der Waals surface area contributed by atoms with E-state index in [4.69, 9.17) is 0 Å². The topological polar surface area (TPSA) is 28.2 Å². The molecule has 1 aromatic heterocycles. The smallest absolute Gasteiger partial charge is 0.314 e. The lowest BCUT2D eigenvalue weighted by atomic mass is 10.1. The fourth-order valence-corrected chi connectivity index (χ4v) is 2.19. The Labute approximate surface area is 116 Å². The summed E-state index contributed by atoms with van der Waals surface area (Å²) in [7, 11) is 0. The second kappa shape index (κ2) is 7.07. The molecule has 1 fully saturated rings. The standard InChI is InChI=1S/C12H16F3N3.ClH/c13-12(14,15)3-6-18-7-5-17-9-11(18)10-2-1-4-16-8-10;/h1-2,4,8,11,17H,3,5-7,9H2;1H. The zero-order chi connectivity index (χ0) is 13.0. The third-order valence-electron chi connectivity index (χ3n) is 3.11. The SMILES string of the molecule is Cl.FC(F)(F)CCN1CCNCC1c1cccnc1. The van der Waals surface area contributed by atoms with Crippen LogP contribution in [-0.4, -0.2) is 42.2 Å². The molecule has 3 nitrogen and oxygen atoms in total. The fraction of sp³-hybridized carbons (Fsp3) is 0.583. The molecule has 0 amide bonds. The number of pyridine rings is 1. The number of alkyl halides is 3. The lowest BCUT2D eigenvalue weighted by Crippen LogP contribution is -2.46. The summed E-state index contributed by atoms with van der Waals surface area (Å²) in [4.78, 5) is 5.90. The highest BCUT2D eigenvalue weighted by Crippen LogP contribution is 2.25. The molecule has 2 rings (SSSR count). The molecule has 1 saturated heterocycles. The molecule has 2 heterocycles. The number of hydrogen-bond donors (Lipinski definition) is 1. The van der Waals surface area contributed by atoms with Crippen LogP contribution in [0.2, 0.25) is 0 Å². The first-order chi connectivity index (χ1) is 8.56. The van der Waals surface area contributed by atoms with Crippen LogP contribution in [0.5, 0.6) is 0 Å². The van der Waals surface area contributed by atoms with Gasteiger partial charge >= 0.3 is 6.18 Å². The van der Waals surface area contributed by atoms with Gasteiger partial charge in [-0.1, -0.05) is 6.07 Å². The van der Waals surface area contributed by atoms with Crippen molar-refractivity contribution in [3.8, 4) is 0 Å². The van der Waals surface area contributed by atoms with E-state index in [0.29, 0.717) is 13.1 Å². The highest BCUT2D eigenvalue weighted by molar-refractivity contribution is 5.85. The molecule has 1 unspecified atom stereocenters. The molecule has 1 atom stereocenters. The van der Waals surface area contributed by atoms with Gasteiger partial charge < -0.3 is 5.32 Å². The van der Waals surface area contributed by atoms with Crippen molar-refractivity contribution in [2.45, 2.75) is 18.6 Å². The molecule has 108 valence electrons. The quantitative estimate of drug-likeness (QED) is 0.928. The third kappa shape index (κ3) is 4.97. The van der Waals surface area contributed by atoms with Gasteiger partial charge in [-0.05, 0) is 11.6 Å². The maximum absolute atomic E-state index is 12.3. The van der Waals surface area contributed by atoms with Crippen LogP contribution in [0.25, 0.3) is 0 Å². The molecule has 0 aromatic carbocycles. The summed E-state index contributed by atoms with van der Waals surface area (Å²) < 4.78 is 36.9. The highest BCUT2D eigenvalue weighted by atomic mass is 35.5. The van der Waals surface area contributed by atoms with Crippen molar-refractivity contribution in [2.24, 2.45) is 0 Å². The maximum atomic E-state index is 12.3. The van der Waals surface area contributed by atoms with E-state index in [1.54, 1.807) is 12.4 Å². The highest BCUT2D eigenvalue weighted by Gasteiger charge is 2.31. The van der Waals surface area contributed by atoms with Crippen LogP contribution in [-0.2, 0) is 0 Å². The molecule has 1 aliphatic heterocycles. The molecule has 0 radical (unpaired) electrons. The first-order valence-corrected chi connectivity index (χ1v) is 5.98. The summed E-state index contributed by atoms with van der Waals surface area (Å²) in [5.74, 6) is 0. The summed E-state index contributed by atoms with van der Waals surface area (Å²) >= 11 is 0. The molecule has 1 aromatic rings. The van der Waals surface area contributed by atoms with Crippen molar-refractivity contribution in [2.75, 3.05) is 26.2 Å². The van der Waals surface area contributed by atoms with Crippen molar-refractivity contribution in [1.82, 2.24) is 15.2 Å². The second-order valence-electron chi connectivity index (χ2n) is 4.41. The van der Waals surface area contributed by atoms with E-state index in [9.17, 15) is 13.2 Å². The number of piperazine rings is 1. The Hall–Kier alpha value is -0.850. The van der Waals surface area contributed by atoms with E-state index < -0.39 is 12.6 Å². The van der Waals surface area contributed by atoms with Crippen molar-refractivity contribution >= 4 is 12.4 Å². The van der Waals surface area contributed by atoms with Crippen LogP contribution in [0.1, 0.15) is 18.0 Å². The van der Waals surface area contributed by atoms with Gasteiger partial charge in [0.25, 0.3) is 0 Å². The van der Waals surface area contributed by atoms with E-state index in [-0.39, 0.29) is 25.0 Å². The summed E-state index contributed by atoms with van der Waals surface area (Å²) in [6.45, 7) is 2.08. The molecule has 0 aliphatic carbocycles. The molecule has 1 N–H and O–H groups in total. The van der Waals surface area contributed by atoms with Gasteiger partial charge in [0, 0.05) is 44.6 Å². The predicted molar refractivity (Wildman–Crippen MR) is 69.3 cm³/mol. The third-order valence-corrected chi connectivity index (χ3v) is 3.11. The molecule has 7 heteroatoms. The second-order valence-corrected chi connectivity index (χ2v) is 4.41. The van der Waals surface area contributed by atoms with Gasteiger partial charge in [0.1, 0.15) is 0 Å². The van der Waals surface area contributed by atoms with Crippen LogP contribution < -0.4 is 5.32 Å². The minimum absolute atomic E-state index is 0. The van der Waals surface area contributed by atoms with E-state index in [2.05, 4.69) is 10.3 Å². The first-order valence-electron chi connectivity index (χ1n) is 5.98. The molecular weight excluding hydrogens is 279 g/mol. The Balaban J connectivity index is 0.00000180. The van der Waals surface area contributed by atoms with E-state index in [1.165, 1.54) is 0 Å². The summed E-state index contributed by atoms with van der Waals surface area (Å²) in [6.07, 6.45) is -1.47. The van der Waals surface area contributed by atoms with Crippen molar-refractivity contribution in [3.63, 3.8) is 0 Å². The van der Waals surface area contributed by atoms with Gasteiger partial charge in [-0.3, -0.25) is 9.88 Å². The van der Waals surface area contributed by atoms with Crippen molar-refractivity contribution < 1.29 is 13.2 Å². The Bertz CT molecular complexity index is 372. The Morgan fingerprint density at radius 1 is 1.42 bits per heavy atom. The summed E-state index contributed by atoms with van der Waals surface area (Å²) in [5.41, 5.74) is 0.965. The number of nitrogens with zero attached hydrogens (tertiary/aromatic N) is 2. The number of rotatable bonds is 3. The number of halogens is 4. The maximum Gasteiger partial charge on any atom is 0.390 e. The summed E-state index contributed by atoms with van der Waals surface area (Å²) in [5, 5.41) is 3.21. The minimum atomic E-state index is -4.09. The molecule has 0 bridgehead atoms. The van der Waals surface area contributed by atoms with Crippen LogP contribution in [0.3, 0.4) is 0 Å². The minimum Gasteiger partial charge on any atom is -0.314 e. The van der Waals surface area contributed by atoms with Crippen LogP contribution in [0.15, 0.2) is 24.5 Å². The summed E-state index contributed by atoms with van der Waals surface area (Å²) in [6, 6.07) is 3.70. The molecule has 0 spiro atoms. The van der Waals surface area contributed by atoms with E-state index in [0.717, 1.165) is 12.1 Å². The lowest BCUT2D eigenvalue weighted by molar-refractivity contribution is -0.139. The van der Waals surface area contributed by atoms with Gasteiger partial charge in [-0.2, -0.15) is 13.2 Å². The van der Waals surface area contributed by atoms with E-state index in [1.807, 2.05) is 17.0 Å². The van der Waals surface area contributed by atoms with E-state index >= 15 is 0 Å². The Morgan fingerprint density at radius 2 is 2.21 bits per heavy atom. The van der Waals surface area contributed by atoms with Gasteiger partial charge in [0.05, 0.1) is 6.42 Å². The van der Waals surface area contributed by atoms with Gasteiger partial charge in [0.15, 0.2) is 0 Å². The predicted octanol–water partition coefficient (Wildman–Crippen LogP) is 2.40. The number of aromatic nitrogens is 1. The van der Waals surface area contributed by atoms with Gasteiger partial charge in [-0.25, -0.2) is 0 Å². The van der Waals surface area contributed by atoms with Gasteiger partial charge in [-0.15, -0.1) is 12.4 Å². The average Bonchev–Trinajstić information content (AvgIpc) is 2.37. The van der Waals surface area contributed by atoms with Crippen molar-refractivity contribution in [1.29, 1.82) is 0 Å². The largest absolute Gasteiger partial charge is 0.390 e. The first kappa shape index (κ1) is 16.2. The Kier molecular flexibility index (Phi) is 6.03. The molecule has 0 saturated carbocycles. The molecule has 1 aliphatic rings. The van der Waals surface area contributed by atoms with Crippen LogP contribution in [0, 0.1) is 0 Å². The zero-order valence-electron chi connectivity index (χ0n) is 10.4. The van der Waals surface area contributed by atoms with Crippen LogP contribution in [0.4, 0.5) is 13.2 Å². The number of nitrogens with one attached hydrogen (secondary N) is 1. The normalized spacial score (nSPS) is 20.9. The monoisotopic (exact) mass is 295 g/mol. The fourth-order valence-electron chi connectivity index (χ4n) is 2.19. The number of hydrogen-bond acceptors (Lipinski definition) is 3. The average molecular weight is 296 g/mol. The molecular formula is C12H17ClF3N3. The Morgan fingerprint density at radius 3 is 2.84 bits per heavy atom. The van der Waals surface area contributed by atoms with Gasteiger partial charge in [0.2, 0.25) is 0 Å². The lowest BCUT2D eigenvalue weighted by Gasteiger charge is -2.36. The zero-order valence-corrected chi connectivity index (χ0v) is 11.2. The van der Waals surface area contributed by atoms with Crippen LogP contribution >= 0.6 is 12.4 Å². The molecule has 19 heavy (non-hydrogen) atoms. The van der Waals surface area contributed by atoms with Crippen molar-refractivity contribution in [3.05, 3.63) is 30.1 Å².